The highest BCUT2D eigenvalue weighted by Gasteiger charge is 2.22. The van der Waals surface area contributed by atoms with E-state index in [-0.39, 0.29) is 16.5 Å². The molecule has 0 aliphatic carbocycles. The quantitative estimate of drug-likeness (QED) is 0.193. The molecule has 0 amide bonds. The van der Waals surface area contributed by atoms with Crippen molar-refractivity contribution < 1.29 is 4.92 Å². The van der Waals surface area contributed by atoms with Crippen molar-refractivity contribution >= 4 is 34.0 Å². The zero-order valence-corrected chi connectivity index (χ0v) is 22.9. The maximum Gasteiger partial charge on any atom is 0.270 e. The zero-order valence-electron chi connectivity index (χ0n) is 22.9. The van der Waals surface area contributed by atoms with E-state index in [0.717, 1.165) is 70.7 Å². The second-order valence-electron chi connectivity index (χ2n) is 10.8. The molecule has 1 N–H and O–H groups in total. The van der Waals surface area contributed by atoms with Gasteiger partial charge < -0.3 is 10.2 Å². The van der Waals surface area contributed by atoms with E-state index in [0.29, 0.717) is 18.4 Å². The van der Waals surface area contributed by atoms with Gasteiger partial charge in [0, 0.05) is 54.5 Å². The van der Waals surface area contributed by atoms with Crippen LogP contribution < -0.4 is 10.2 Å². The summed E-state index contributed by atoms with van der Waals surface area (Å²) in [5.74, 6) is 2.37. The summed E-state index contributed by atoms with van der Waals surface area (Å²) in [6.45, 7) is 8.96. The minimum Gasteiger partial charge on any atom is -0.350 e. The fourth-order valence-corrected chi connectivity index (χ4v) is 5.33. The van der Waals surface area contributed by atoms with Crippen LogP contribution in [0.15, 0.2) is 60.9 Å². The lowest BCUT2D eigenvalue weighted by Crippen LogP contribution is -2.34. The molecule has 0 radical (unpaired) electrons. The van der Waals surface area contributed by atoms with Gasteiger partial charge in [-0.15, -0.1) is 0 Å². The summed E-state index contributed by atoms with van der Waals surface area (Å²) >= 11 is 0. The standard InChI is InChI=1S/C30H32N8O2/c1-19(2)26-18-33-37-28(26)34-30(36-14-11-20(3)12-15-36)35-29(37)32-17-22-6-4-5-7-24(22)27-25-9-8-23(38(39)40)16-21(25)10-13-31-27/h4-10,13,16,18-20H,11-12,14-15,17H2,1-3H3,(H,32,34,35). The van der Waals surface area contributed by atoms with E-state index in [1.54, 1.807) is 28.9 Å². The van der Waals surface area contributed by atoms with Gasteiger partial charge in [0.05, 0.1) is 16.8 Å². The van der Waals surface area contributed by atoms with Crippen molar-refractivity contribution in [1.82, 2.24) is 24.6 Å². The maximum absolute atomic E-state index is 11.3. The maximum atomic E-state index is 11.3. The molecule has 0 atom stereocenters. The Balaban J connectivity index is 1.37. The van der Waals surface area contributed by atoms with Crippen molar-refractivity contribution in [2.75, 3.05) is 23.3 Å². The second-order valence-corrected chi connectivity index (χ2v) is 10.8. The van der Waals surface area contributed by atoms with E-state index >= 15 is 0 Å². The SMILES string of the molecule is CC1CCN(c2nc(NCc3ccccc3-c3nccc4cc([N+](=O)[O-])ccc34)n3ncc(C(C)C)c3n2)CC1. The Morgan fingerprint density at radius 1 is 1.10 bits per heavy atom. The zero-order chi connectivity index (χ0) is 27.8. The van der Waals surface area contributed by atoms with Gasteiger partial charge in [0.1, 0.15) is 0 Å². The summed E-state index contributed by atoms with van der Waals surface area (Å²) in [6.07, 6.45) is 5.84. The third kappa shape index (κ3) is 4.81. The Morgan fingerprint density at radius 2 is 1.90 bits per heavy atom. The predicted octanol–water partition coefficient (Wildman–Crippen LogP) is 6.22. The molecule has 5 aromatic rings. The average Bonchev–Trinajstić information content (AvgIpc) is 3.40. The Hall–Kier alpha value is -4.60. The van der Waals surface area contributed by atoms with Gasteiger partial charge in [-0.1, -0.05) is 45.0 Å². The minimum atomic E-state index is -0.376. The number of rotatable bonds is 7. The van der Waals surface area contributed by atoms with Gasteiger partial charge in [-0.25, -0.2) is 0 Å². The number of nitrogens with one attached hydrogen (secondary N) is 1. The first-order chi connectivity index (χ1) is 19.4. The summed E-state index contributed by atoms with van der Waals surface area (Å²) in [7, 11) is 0. The molecule has 40 heavy (non-hydrogen) atoms. The van der Waals surface area contributed by atoms with E-state index in [1.807, 2.05) is 24.4 Å². The van der Waals surface area contributed by atoms with E-state index in [2.05, 4.69) is 47.1 Å². The lowest BCUT2D eigenvalue weighted by molar-refractivity contribution is -0.384. The van der Waals surface area contributed by atoms with Crippen LogP contribution in [-0.4, -0.2) is 42.6 Å². The predicted molar refractivity (Wildman–Crippen MR) is 157 cm³/mol. The van der Waals surface area contributed by atoms with Crippen LogP contribution in [0.2, 0.25) is 0 Å². The summed E-state index contributed by atoms with van der Waals surface area (Å²) in [5, 5.41) is 21.1. The van der Waals surface area contributed by atoms with Crippen molar-refractivity contribution in [2.45, 2.75) is 46.1 Å². The van der Waals surface area contributed by atoms with E-state index in [9.17, 15) is 10.1 Å². The Bertz CT molecular complexity index is 1710. The first-order valence-corrected chi connectivity index (χ1v) is 13.7. The molecule has 1 saturated heterocycles. The Morgan fingerprint density at radius 3 is 2.67 bits per heavy atom. The number of piperidine rings is 1. The van der Waals surface area contributed by atoms with Gasteiger partial charge in [0.15, 0.2) is 5.65 Å². The van der Waals surface area contributed by atoms with Crippen LogP contribution in [-0.2, 0) is 6.54 Å². The number of benzene rings is 2. The molecule has 0 spiro atoms. The van der Waals surface area contributed by atoms with Crippen molar-refractivity contribution in [2.24, 2.45) is 5.92 Å². The lowest BCUT2D eigenvalue weighted by Gasteiger charge is -2.30. The molecule has 1 fully saturated rings. The van der Waals surface area contributed by atoms with Crippen LogP contribution in [0.5, 0.6) is 0 Å². The summed E-state index contributed by atoms with van der Waals surface area (Å²) < 4.78 is 1.79. The molecule has 4 heterocycles. The molecule has 10 heteroatoms. The highest BCUT2D eigenvalue weighted by Crippen LogP contribution is 2.32. The number of non-ortho nitro benzene ring substituents is 1. The molecule has 204 valence electrons. The van der Waals surface area contributed by atoms with Crippen molar-refractivity contribution in [3.63, 3.8) is 0 Å². The average molecular weight is 537 g/mol. The number of hydrogen-bond acceptors (Lipinski definition) is 8. The largest absolute Gasteiger partial charge is 0.350 e. The monoisotopic (exact) mass is 536 g/mol. The van der Waals surface area contributed by atoms with Crippen LogP contribution in [0.25, 0.3) is 27.7 Å². The molecular formula is C30H32N8O2. The molecule has 10 nitrogen and oxygen atoms in total. The van der Waals surface area contributed by atoms with E-state index in [4.69, 9.17) is 9.97 Å². The number of nitro groups is 1. The van der Waals surface area contributed by atoms with Gasteiger partial charge in [-0.05, 0) is 47.8 Å². The number of pyridine rings is 1. The molecule has 3 aromatic heterocycles. The highest BCUT2D eigenvalue weighted by molar-refractivity contribution is 5.96. The minimum absolute atomic E-state index is 0.0614. The molecule has 0 saturated carbocycles. The fraction of sp³-hybridized carbons (Fsp3) is 0.333. The summed E-state index contributed by atoms with van der Waals surface area (Å²) in [6, 6.07) is 14.8. The van der Waals surface area contributed by atoms with Crippen LogP contribution in [0.4, 0.5) is 17.6 Å². The molecule has 2 aromatic carbocycles. The highest BCUT2D eigenvalue weighted by atomic mass is 16.6. The van der Waals surface area contributed by atoms with Crippen LogP contribution in [0.1, 0.15) is 50.7 Å². The summed E-state index contributed by atoms with van der Waals surface area (Å²) in [4.78, 5) is 27.8. The fourth-order valence-electron chi connectivity index (χ4n) is 5.33. The Labute approximate surface area is 232 Å². The van der Waals surface area contributed by atoms with Crippen molar-refractivity contribution in [1.29, 1.82) is 0 Å². The number of nitrogens with zero attached hydrogens (tertiary/aromatic N) is 7. The topological polar surface area (TPSA) is 114 Å². The first kappa shape index (κ1) is 25.7. The van der Waals surface area contributed by atoms with Crippen molar-refractivity contribution in [3.8, 4) is 11.3 Å². The van der Waals surface area contributed by atoms with E-state index < -0.39 is 0 Å². The van der Waals surface area contributed by atoms with Gasteiger partial charge in [-0.3, -0.25) is 15.1 Å². The molecular weight excluding hydrogens is 504 g/mol. The molecule has 0 bridgehead atoms. The third-order valence-corrected chi connectivity index (χ3v) is 7.74. The number of fused-ring (bicyclic) bond motifs is 2. The molecule has 0 unspecified atom stereocenters. The smallest absolute Gasteiger partial charge is 0.270 e. The number of aromatic nitrogens is 5. The van der Waals surface area contributed by atoms with Crippen LogP contribution in [0, 0.1) is 16.0 Å². The van der Waals surface area contributed by atoms with Crippen LogP contribution in [0.3, 0.4) is 0 Å². The lowest BCUT2D eigenvalue weighted by atomic mass is 9.99. The van der Waals surface area contributed by atoms with Crippen molar-refractivity contribution in [3.05, 3.63) is 82.2 Å². The summed E-state index contributed by atoms with van der Waals surface area (Å²) in [5.41, 5.74) is 4.73. The Kier molecular flexibility index (Phi) is 6.75. The van der Waals surface area contributed by atoms with E-state index in [1.165, 1.54) is 6.07 Å². The van der Waals surface area contributed by atoms with Gasteiger partial charge in [0.25, 0.3) is 5.69 Å². The number of anilines is 2. The van der Waals surface area contributed by atoms with Gasteiger partial charge in [0.2, 0.25) is 11.9 Å². The number of nitro benzene ring substituents is 1. The second kappa shape index (κ2) is 10.5. The number of hydrogen-bond donors (Lipinski definition) is 1. The first-order valence-electron chi connectivity index (χ1n) is 13.7. The molecule has 1 aliphatic rings. The van der Waals surface area contributed by atoms with Gasteiger partial charge in [-0.2, -0.15) is 19.6 Å². The van der Waals surface area contributed by atoms with Gasteiger partial charge >= 0.3 is 0 Å². The normalized spacial score (nSPS) is 14.3. The molecule has 6 rings (SSSR count). The molecule has 1 aliphatic heterocycles. The third-order valence-electron chi connectivity index (χ3n) is 7.74. The van der Waals surface area contributed by atoms with Crippen LogP contribution >= 0.6 is 0 Å².